The number of alkyl halides is 3. The molecule has 1 rings (SSSR count). The molecule has 0 saturated carbocycles. The summed E-state index contributed by atoms with van der Waals surface area (Å²) in [6.07, 6.45) is 7.79. The highest BCUT2D eigenvalue weighted by Gasteiger charge is 2.29. The Morgan fingerprint density at radius 2 is 1.48 bits per heavy atom. The van der Waals surface area contributed by atoms with Gasteiger partial charge in [-0.15, -0.1) is 6.58 Å². The van der Waals surface area contributed by atoms with Crippen molar-refractivity contribution in [2.75, 3.05) is 13.1 Å². The first-order valence-corrected chi connectivity index (χ1v) is 9.46. The van der Waals surface area contributed by atoms with Crippen molar-refractivity contribution in [2.24, 2.45) is 0 Å². The van der Waals surface area contributed by atoms with E-state index in [0.29, 0.717) is 6.54 Å². The molecule has 25 heavy (non-hydrogen) atoms. The lowest BCUT2D eigenvalue weighted by molar-refractivity contribution is -0.137. The Labute approximate surface area is 150 Å². The van der Waals surface area contributed by atoms with Crippen molar-refractivity contribution in [1.82, 2.24) is 4.90 Å². The van der Waals surface area contributed by atoms with Gasteiger partial charge in [0.25, 0.3) is 0 Å². The lowest BCUT2D eigenvalue weighted by Crippen LogP contribution is -2.24. The predicted octanol–water partition coefficient (Wildman–Crippen LogP) is 6.83. The van der Waals surface area contributed by atoms with Crippen LogP contribution in [0.4, 0.5) is 13.2 Å². The molecule has 1 nitrogen and oxygen atoms in total. The molecule has 0 heterocycles. The quantitative estimate of drug-likeness (QED) is 0.277. The molecule has 0 saturated heterocycles. The minimum Gasteiger partial charge on any atom is -0.295 e. The average Bonchev–Trinajstić information content (AvgIpc) is 2.57. The third kappa shape index (κ3) is 9.69. The summed E-state index contributed by atoms with van der Waals surface area (Å²) in [5, 5.41) is 0. The maximum atomic E-state index is 12.6. The summed E-state index contributed by atoms with van der Waals surface area (Å²) in [4.78, 5) is 2.24. The van der Waals surface area contributed by atoms with Crippen molar-refractivity contribution in [3.63, 3.8) is 0 Å². The summed E-state index contributed by atoms with van der Waals surface area (Å²) >= 11 is 0. The second kappa shape index (κ2) is 12.1. The van der Waals surface area contributed by atoms with Crippen LogP contribution in [0.3, 0.4) is 0 Å². The molecule has 0 spiro atoms. The molecule has 0 aliphatic rings. The Balaban J connectivity index is 2.33. The molecule has 0 aliphatic carbocycles. The van der Waals surface area contributed by atoms with E-state index < -0.39 is 11.7 Å². The highest BCUT2D eigenvalue weighted by Crippen LogP contribution is 2.29. The number of benzene rings is 1. The third-order valence-corrected chi connectivity index (χ3v) is 4.40. The van der Waals surface area contributed by atoms with Crippen LogP contribution in [0.1, 0.15) is 69.4 Å². The number of hydrogen-bond acceptors (Lipinski definition) is 1. The van der Waals surface area contributed by atoms with Gasteiger partial charge in [-0.1, -0.05) is 70.1 Å². The Hall–Kier alpha value is -1.29. The zero-order valence-electron chi connectivity index (χ0n) is 15.5. The summed E-state index contributed by atoms with van der Waals surface area (Å²) in [7, 11) is 0. The van der Waals surface area contributed by atoms with Crippen LogP contribution in [0.2, 0.25) is 0 Å². The summed E-state index contributed by atoms with van der Waals surface area (Å²) in [6, 6.07) is 5.48. The Morgan fingerprint density at radius 1 is 0.920 bits per heavy atom. The van der Waals surface area contributed by atoms with E-state index >= 15 is 0 Å². The van der Waals surface area contributed by atoms with E-state index in [0.717, 1.165) is 37.2 Å². The molecule has 142 valence electrons. The van der Waals surface area contributed by atoms with E-state index in [1.54, 1.807) is 12.1 Å². The predicted molar refractivity (Wildman–Crippen MR) is 99.5 cm³/mol. The monoisotopic (exact) mass is 355 g/mol. The van der Waals surface area contributed by atoms with Gasteiger partial charge in [-0.2, -0.15) is 13.2 Å². The van der Waals surface area contributed by atoms with Gasteiger partial charge in [0.05, 0.1) is 5.56 Å². The molecule has 0 aliphatic heterocycles. The standard InChI is InChI=1S/C21H32F3N/c1-3-5-6-7-8-9-10-11-17-25(16-4-2)18-19-12-14-20(15-13-19)21(22,23)24/h4,12-15H,2-3,5-11,16-18H2,1H3. The van der Waals surface area contributed by atoms with Crippen molar-refractivity contribution in [1.29, 1.82) is 0 Å². The van der Waals surface area contributed by atoms with Gasteiger partial charge in [0.2, 0.25) is 0 Å². The molecule has 0 unspecified atom stereocenters. The molecular weight excluding hydrogens is 323 g/mol. The van der Waals surface area contributed by atoms with Crippen molar-refractivity contribution in [3.05, 3.63) is 48.0 Å². The number of nitrogens with zero attached hydrogens (tertiary/aromatic N) is 1. The number of hydrogen-bond donors (Lipinski definition) is 0. The van der Waals surface area contributed by atoms with Gasteiger partial charge in [-0.3, -0.25) is 4.90 Å². The zero-order chi connectivity index (χ0) is 18.5. The molecule has 0 amide bonds. The molecule has 0 N–H and O–H groups in total. The zero-order valence-corrected chi connectivity index (χ0v) is 15.5. The largest absolute Gasteiger partial charge is 0.416 e. The molecule has 1 aromatic carbocycles. The third-order valence-electron chi connectivity index (χ3n) is 4.40. The first-order valence-electron chi connectivity index (χ1n) is 9.46. The van der Waals surface area contributed by atoms with Crippen LogP contribution in [0, 0.1) is 0 Å². The van der Waals surface area contributed by atoms with Crippen LogP contribution in [-0.4, -0.2) is 18.0 Å². The summed E-state index contributed by atoms with van der Waals surface area (Å²) < 4.78 is 37.8. The van der Waals surface area contributed by atoms with E-state index in [4.69, 9.17) is 0 Å². The highest BCUT2D eigenvalue weighted by atomic mass is 19.4. The second-order valence-corrected chi connectivity index (χ2v) is 6.69. The van der Waals surface area contributed by atoms with Crippen LogP contribution in [-0.2, 0) is 12.7 Å². The molecule has 0 atom stereocenters. The van der Waals surface area contributed by atoms with Gasteiger partial charge in [-0.25, -0.2) is 0 Å². The van der Waals surface area contributed by atoms with Gasteiger partial charge in [0, 0.05) is 13.1 Å². The fourth-order valence-electron chi connectivity index (χ4n) is 2.94. The molecule has 4 heteroatoms. The molecular formula is C21H32F3N. The molecule has 0 bridgehead atoms. The molecule has 0 fully saturated rings. The second-order valence-electron chi connectivity index (χ2n) is 6.69. The fourth-order valence-corrected chi connectivity index (χ4v) is 2.94. The van der Waals surface area contributed by atoms with Crippen LogP contribution >= 0.6 is 0 Å². The van der Waals surface area contributed by atoms with E-state index in [-0.39, 0.29) is 0 Å². The van der Waals surface area contributed by atoms with Gasteiger partial charge in [-0.05, 0) is 30.7 Å². The van der Waals surface area contributed by atoms with E-state index in [9.17, 15) is 13.2 Å². The van der Waals surface area contributed by atoms with E-state index in [1.807, 2.05) is 6.08 Å². The number of rotatable bonds is 13. The Bertz CT molecular complexity index is 465. The highest BCUT2D eigenvalue weighted by molar-refractivity contribution is 5.24. The van der Waals surface area contributed by atoms with Crippen LogP contribution < -0.4 is 0 Å². The maximum Gasteiger partial charge on any atom is 0.416 e. The van der Waals surface area contributed by atoms with Crippen LogP contribution in [0.25, 0.3) is 0 Å². The van der Waals surface area contributed by atoms with Gasteiger partial charge >= 0.3 is 6.18 Å². The van der Waals surface area contributed by atoms with Crippen molar-refractivity contribution < 1.29 is 13.2 Å². The minimum absolute atomic E-state index is 0.588. The first kappa shape index (κ1) is 21.8. The summed E-state index contributed by atoms with van der Waals surface area (Å²) in [5.41, 5.74) is 0.323. The summed E-state index contributed by atoms with van der Waals surface area (Å²) in [5.74, 6) is 0. The fraction of sp³-hybridized carbons (Fsp3) is 0.619. The molecule has 0 radical (unpaired) electrons. The Kier molecular flexibility index (Phi) is 10.6. The van der Waals surface area contributed by atoms with Crippen molar-refractivity contribution in [3.8, 4) is 0 Å². The van der Waals surface area contributed by atoms with Crippen molar-refractivity contribution in [2.45, 2.75) is 71.0 Å². The lowest BCUT2D eigenvalue weighted by Gasteiger charge is -2.21. The molecule has 0 aromatic heterocycles. The van der Waals surface area contributed by atoms with Crippen molar-refractivity contribution >= 4 is 0 Å². The Morgan fingerprint density at radius 3 is 2.00 bits per heavy atom. The van der Waals surface area contributed by atoms with Gasteiger partial charge < -0.3 is 0 Å². The van der Waals surface area contributed by atoms with Crippen LogP contribution in [0.15, 0.2) is 36.9 Å². The van der Waals surface area contributed by atoms with Crippen LogP contribution in [0.5, 0.6) is 0 Å². The minimum atomic E-state index is -4.27. The summed E-state index contributed by atoms with van der Waals surface area (Å²) in [6.45, 7) is 8.40. The normalized spacial score (nSPS) is 11.9. The van der Waals surface area contributed by atoms with Gasteiger partial charge in [0.1, 0.15) is 0 Å². The van der Waals surface area contributed by atoms with Gasteiger partial charge in [0.15, 0.2) is 0 Å². The topological polar surface area (TPSA) is 3.24 Å². The first-order chi connectivity index (χ1) is 12.0. The van der Waals surface area contributed by atoms with E-state index in [2.05, 4.69) is 18.4 Å². The lowest BCUT2D eigenvalue weighted by atomic mass is 10.1. The molecule has 1 aromatic rings. The van der Waals surface area contributed by atoms with E-state index in [1.165, 1.54) is 44.9 Å². The number of halogens is 3. The SMILES string of the molecule is C=CCN(CCCCCCCCCC)Cc1ccc(C(F)(F)F)cc1. The smallest absolute Gasteiger partial charge is 0.295 e. The number of unbranched alkanes of at least 4 members (excludes halogenated alkanes) is 7. The maximum absolute atomic E-state index is 12.6. The average molecular weight is 355 g/mol.